The molecule has 0 spiro atoms. The predicted octanol–water partition coefficient (Wildman–Crippen LogP) is 4.92. The van der Waals surface area contributed by atoms with Crippen molar-refractivity contribution >= 4 is 50.8 Å². The lowest BCUT2D eigenvalue weighted by Gasteiger charge is -2.14. The summed E-state index contributed by atoms with van der Waals surface area (Å²) in [4.78, 5) is 23.9. The molecule has 24 heavy (non-hydrogen) atoms. The van der Waals surface area contributed by atoms with Gasteiger partial charge in [-0.25, -0.2) is 0 Å². The fraction of sp³-hybridized carbons (Fsp3) is 0.529. The van der Waals surface area contributed by atoms with Gasteiger partial charge in [0.25, 0.3) is 5.91 Å². The molecule has 1 fully saturated rings. The van der Waals surface area contributed by atoms with Gasteiger partial charge >= 0.3 is 5.97 Å². The fourth-order valence-electron chi connectivity index (χ4n) is 2.31. The van der Waals surface area contributed by atoms with Crippen LogP contribution in [0.15, 0.2) is 24.3 Å². The Morgan fingerprint density at radius 2 is 2.17 bits per heavy atom. The Morgan fingerprint density at radius 3 is 2.88 bits per heavy atom. The lowest BCUT2D eigenvalue weighted by Crippen LogP contribution is -2.30. The van der Waals surface area contributed by atoms with Crippen molar-refractivity contribution in [2.24, 2.45) is 0 Å². The monoisotopic (exact) mass is 387 g/mol. The Labute approximate surface area is 155 Å². The third-order valence-electron chi connectivity index (χ3n) is 3.69. The van der Waals surface area contributed by atoms with Crippen molar-refractivity contribution in [3.05, 3.63) is 29.3 Å². The number of carbonyl (C=O) groups excluding carboxylic acids is 2. The second kappa shape index (κ2) is 10.2. The lowest BCUT2D eigenvalue weighted by atomic mass is 10.1. The quantitative estimate of drug-likeness (QED) is 0.389. The van der Waals surface area contributed by atoms with Crippen LogP contribution in [0.2, 0.25) is 5.02 Å². The summed E-state index contributed by atoms with van der Waals surface area (Å²) in [6.45, 7) is 1.57. The van der Waals surface area contributed by atoms with Crippen molar-refractivity contribution in [3.8, 4) is 0 Å². The fourth-order valence-corrected chi connectivity index (χ4v) is 5.52. The highest BCUT2D eigenvalue weighted by molar-refractivity contribution is 8.77. The van der Waals surface area contributed by atoms with Crippen LogP contribution in [0.5, 0.6) is 0 Å². The number of unbranched alkanes of at least 4 members (excludes halogenated alkanes) is 1. The number of hydrogen-bond acceptors (Lipinski definition) is 5. The molecule has 132 valence electrons. The van der Waals surface area contributed by atoms with E-state index in [0.29, 0.717) is 17.1 Å². The summed E-state index contributed by atoms with van der Waals surface area (Å²) in [6, 6.07) is 6.95. The molecular weight excluding hydrogens is 366 g/mol. The number of esters is 1. The zero-order chi connectivity index (χ0) is 17.4. The van der Waals surface area contributed by atoms with Gasteiger partial charge in [-0.1, -0.05) is 51.7 Å². The maximum absolute atomic E-state index is 12.1. The average Bonchev–Trinajstić information content (AvgIpc) is 3.07. The summed E-state index contributed by atoms with van der Waals surface area (Å²) < 4.78 is 5.19. The van der Waals surface area contributed by atoms with Gasteiger partial charge in [0.2, 0.25) is 0 Å². The van der Waals surface area contributed by atoms with E-state index >= 15 is 0 Å². The molecule has 0 unspecified atom stereocenters. The molecule has 1 saturated heterocycles. The molecule has 1 N–H and O–H groups in total. The van der Waals surface area contributed by atoms with Crippen LogP contribution in [-0.2, 0) is 14.3 Å². The van der Waals surface area contributed by atoms with E-state index in [2.05, 4.69) is 5.32 Å². The minimum atomic E-state index is -0.837. The number of rotatable bonds is 8. The minimum absolute atomic E-state index is 0.328. The summed E-state index contributed by atoms with van der Waals surface area (Å²) in [5.74, 6) is 0.524. The van der Waals surface area contributed by atoms with Crippen molar-refractivity contribution in [1.82, 2.24) is 0 Å². The molecule has 0 bridgehead atoms. The van der Waals surface area contributed by atoms with Gasteiger partial charge in [-0.15, -0.1) is 0 Å². The molecule has 0 radical (unpaired) electrons. The Morgan fingerprint density at radius 1 is 1.38 bits per heavy atom. The lowest BCUT2D eigenvalue weighted by molar-refractivity contribution is -0.153. The second-order valence-electron chi connectivity index (χ2n) is 5.68. The topological polar surface area (TPSA) is 55.4 Å². The van der Waals surface area contributed by atoms with E-state index in [9.17, 15) is 9.59 Å². The van der Waals surface area contributed by atoms with Crippen LogP contribution >= 0.6 is 33.2 Å². The maximum Gasteiger partial charge on any atom is 0.306 e. The molecular formula is C17H22ClNO3S2. The van der Waals surface area contributed by atoms with E-state index in [0.717, 1.165) is 24.5 Å². The molecule has 1 amide bonds. The van der Waals surface area contributed by atoms with Gasteiger partial charge in [-0.2, -0.15) is 0 Å². The van der Waals surface area contributed by atoms with E-state index in [-0.39, 0.29) is 11.9 Å². The molecule has 1 aliphatic heterocycles. The zero-order valence-electron chi connectivity index (χ0n) is 13.6. The third-order valence-corrected chi connectivity index (χ3v) is 7.03. The Balaban J connectivity index is 1.65. The molecule has 0 aliphatic carbocycles. The average molecular weight is 388 g/mol. The number of hydrogen-bond donors (Lipinski definition) is 1. The van der Waals surface area contributed by atoms with Gasteiger partial charge in [-0.05, 0) is 38.3 Å². The van der Waals surface area contributed by atoms with Crippen LogP contribution in [-0.4, -0.2) is 29.0 Å². The first-order chi connectivity index (χ1) is 11.6. The summed E-state index contributed by atoms with van der Waals surface area (Å²) >= 11 is 5.99. The summed E-state index contributed by atoms with van der Waals surface area (Å²) in [6.07, 6.45) is 3.75. The van der Waals surface area contributed by atoms with Crippen molar-refractivity contribution in [2.75, 3.05) is 11.1 Å². The van der Waals surface area contributed by atoms with Crippen molar-refractivity contribution in [3.63, 3.8) is 0 Å². The number of halogens is 1. The van der Waals surface area contributed by atoms with Gasteiger partial charge in [-0.3, -0.25) is 9.59 Å². The second-order valence-corrected chi connectivity index (χ2v) is 8.87. The Kier molecular flexibility index (Phi) is 8.29. The predicted molar refractivity (Wildman–Crippen MR) is 103 cm³/mol. The highest BCUT2D eigenvalue weighted by Gasteiger charge is 2.19. The number of anilines is 1. The molecule has 1 heterocycles. The molecule has 1 aromatic rings. The largest absolute Gasteiger partial charge is 0.453 e. The Bertz CT molecular complexity index is 565. The normalized spacial score (nSPS) is 18.2. The minimum Gasteiger partial charge on any atom is -0.453 e. The number of carbonyl (C=O) groups is 2. The molecule has 0 aromatic heterocycles. The third kappa shape index (κ3) is 6.57. The Hall–Kier alpha value is -0.850. The number of benzene rings is 1. The standard InChI is InChI=1S/C17H22ClNO3S2/c1-12(17(21)19-15-8-4-3-7-14(15)18)22-16(20)9-5-2-6-13-10-11-23-24-13/h3-4,7-8,12-13H,2,5-6,9-11H2,1H3,(H,19,21)/t12-,13-/m0/s1. The number of nitrogens with one attached hydrogen (secondary N) is 1. The number of ether oxygens (including phenoxy) is 1. The first-order valence-corrected chi connectivity index (χ1v) is 10.9. The van der Waals surface area contributed by atoms with Crippen molar-refractivity contribution < 1.29 is 14.3 Å². The van der Waals surface area contributed by atoms with E-state index in [1.165, 1.54) is 12.2 Å². The number of amides is 1. The molecule has 4 nitrogen and oxygen atoms in total. The maximum atomic E-state index is 12.1. The van der Waals surface area contributed by atoms with Crippen LogP contribution < -0.4 is 5.32 Å². The van der Waals surface area contributed by atoms with Gasteiger partial charge in [0.05, 0.1) is 10.7 Å². The van der Waals surface area contributed by atoms with Crippen LogP contribution in [0, 0.1) is 0 Å². The number of para-hydroxylation sites is 1. The molecule has 1 aromatic carbocycles. The molecule has 7 heteroatoms. The first kappa shape index (κ1) is 19.5. The van der Waals surface area contributed by atoms with Gasteiger partial charge in [0.1, 0.15) is 0 Å². The zero-order valence-corrected chi connectivity index (χ0v) is 16.0. The van der Waals surface area contributed by atoms with E-state index in [1.54, 1.807) is 31.2 Å². The molecule has 1 aliphatic rings. The van der Waals surface area contributed by atoms with Gasteiger partial charge in [0, 0.05) is 17.4 Å². The van der Waals surface area contributed by atoms with Gasteiger partial charge in [0.15, 0.2) is 6.10 Å². The van der Waals surface area contributed by atoms with Crippen LogP contribution in [0.4, 0.5) is 5.69 Å². The van der Waals surface area contributed by atoms with E-state index < -0.39 is 6.10 Å². The highest BCUT2D eigenvalue weighted by Crippen LogP contribution is 2.39. The summed E-state index contributed by atoms with van der Waals surface area (Å²) in [5, 5.41) is 3.85. The van der Waals surface area contributed by atoms with E-state index in [4.69, 9.17) is 16.3 Å². The van der Waals surface area contributed by atoms with Crippen molar-refractivity contribution in [2.45, 2.75) is 50.4 Å². The summed E-state index contributed by atoms with van der Waals surface area (Å²) in [5.41, 5.74) is 0.513. The SMILES string of the molecule is C[C@H](OC(=O)CCCC[C@H]1CCSS1)C(=O)Nc1ccccc1Cl. The first-order valence-electron chi connectivity index (χ1n) is 8.09. The molecule has 2 atom stereocenters. The van der Waals surface area contributed by atoms with Gasteiger partial charge < -0.3 is 10.1 Å². The van der Waals surface area contributed by atoms with E-state index in [1.807, 2.05) is 21.6 Å². The smallest absolute Gasteiger partial charge is 0.306 e. The van der Waals surface area contributed by atoms with Crippen molar-refractivity contribution in [1.29, 1.82) is 0 Å². The molecule has 0 saturated carbocycles. The van der Waals surface area contributed by atoms with Crippen LogP contribution in [0.25, 0.3) is 0 Å². The van der Waals surface area contributed by atoms with Crippen LogP contribution in [0.1, 0.15) is 39.0 Å². The van der Waals surface area contributed by atoms with Crippen LogP contribution in [0.3, 0.4) is 0 Å². The highest BCUT2D eigenvalue weighted by atomic mass is 35.5. The summed E-state index contributed by atoms with van der Waals surface area (Å²) in [7, 11) is 3.89. The molecule has 2 rings (SSSR count).